The Bertz CT molecular complexity index is 49.6. The summed E-state index contributed by atoms with van der Waals surface area (Å²) in [5, 5.41) is 3.03. The van der Waals surface area contributed by atoms with Gasteiger partial charge in [0.25, 0.3) is 0 Å². The van der Waals surface area contributed by atoms with Crippen molar-refractivity contribution >= 4 is 0 Å². The first-order valence-electron chi connectivity index (χ1n) is 4.01. The van der Waals surface area contributed by atoms with Crippen molar-refractivity contribution in [3.05, 3.63) is 0 Å². The highest BCUT2D eigenvalue weighted by Crippen LogP contribution is 1.58. The molecule has 0 aromatic rings. The van der Waals surface area contributed by atoms with Crippen molar-refractivity contribution < 1.29 is 0 Å². The summed E-state index contributed by atoms with van der Waals surface area (Å²) in [7, 11) is 0. The zero-order chi connectivity index (χ0) is 9.11. The molecule has 11 heavy (non-hydrogen) atoms. The van der Waals surface area contributed by atoms with Crippen LogP contribution in [0.25, 0.3) is 0 Å². The van der Waals surface area contributed by atoms with Crippen molar-refractivity contribution in [2.75, 3.05) is 26.2 Å². The third-order valence-electron chi connectivity index (χ3n) is 0.642. The zero-order valence-corrected chi connectivity index (χ0v) is 7.64. The highest BCUT2D eigenvalue weighted by molar-refractivity contribution is 4.45. The number of nitrogens with two attached hydrogens (primary N) is 3. The van der Waals surface area contributed by atoms with Crippen molar-refractivity contribution in [2.45, 2.75) is 19.9 Å². The summed E-state index contributed by atoms with van der Waals surface area (Å²) in [4.78, 5) is 0. The number of rotatable bonds is 4. The highest BCUT2D eigenvalue weighted by atomic mass is 14.9. The van der Waals surface area contributed by atoms with Gasteiger partial charge in [0.2, 0.25) is 0 Å². The van der Waals surface area contributed by atoms with E-state index in [0.717, 1.165) is 13.1 Å². The largest absolute Gasteiger partial charge is 0.329 e. The van der Waals surface area contributed by atoms with Crippen LogP contribution in [0.5, 0.6) is 0 Å². The summed E-state index contributed by atoms with van der Waals surface area (Å²) in [6, 6.07) is 0.333. The molecule has 0 atom stereocenters. The first-order valence-corrected chi connectivity index (χ1v) is 4.01. The lowest BCUT2D eigenvalue weighted by Crippen LogP contribution is -2.27. The molecule has 0 radical (unpaired) electrons. The number of hydrogen-bond acceptors (Lipinski definition) is 4. The molecule has 0 spiro atoms. The van der Waals surface area contributed by atoms with E-state index in [1.54, 1.807) is 0 Å². The summed E-state index contributed by atoms with van der Waals surface area (Å²) in [6.45, 7) is 7.02. The van der Waals surface area contributed by atoms with E-state index in [9.17, 15) is 0 Å². The van der Waals surface area contributed by atoms with Gasteiger partial charge in [0.1, 0.15) is 0 Å². The van der Waals surface area contributed by atoms with Gasteiger partial charge in [-0.2, -0.15) is 0 Å². The lowest BCUT2D eigenvalue weighted by atomic mass is 10.5. The van der Waals surface area contributed by atoms with Crippen LogP contribution in [-0.2, 0) is 0 Å². The van der Waals surface area contributed by atoms with Crippen LogP contribution in [0, 0.1) is 0 Å². The van der Waals surface area contributed by atoms with E-state index in [4.69, 9.17) is 17.2 Å². The maximum atomic E-state index is 5.17. The molecule has 0 aromatic carbocycles. The van der Waals surface area contributed by atoms with E-state index < -0.39 is 0 Å². The smallest absolute Gasteiger partial charge is 0.00750 e. The summed E-state index contributed by atoms with van der Waals surface area (Å²) < 4.78 is 0. The Kier molecular flexibility index (Phi) is 15.3. The zero-order valence-electron chi connectivity index (χ0n) is 7.64. The summed E-state index contributed by atoms with van der Waals surface area (Å²) in [6.07, 6.45) is 0. The molecular weight excluding hydrogens is 140 g/mol. The minimum absolute atomic E-state index is 0.333. The van der Waals surface area contributed by atoms with Crippen LogP contribution in [-0.4, -0.2) is 32.2 Å². The van der Waals surface area contributed by atoms with Crippen molar-refractivity contribution in [3.63, 3.8) is 0 Å². The van der Waals surface area contributed by atoms with Crippen LogP contribution >= 0.6 is 0 Å². The Hall–Kier alpha value is -0.160. The third kappa shape index (κ3) is 41.0. The molecule has 0 aliphatic heterocycles. The van der Waals surface area contributed by atoms with Gasteiger partial charge in [-0.25, -0.2) is 0 Å². The highest BCUT2D eigenvalue weighted by Gasteiger charge is 1.76. The van der Waals surface area contributed by atoms with E-state index in [1.165, 1.54) is 0 Å². The molecule has 0 fully saturated rings. The standard InChI is InChI=1S/C4H13N3.C3H9N/c5-1-3-7-4-2-6;1-3(2)4/h7H,1-6H2;3H,4H2,1-2H3. The molecule has 0 saturated heterocycles. The third-order valence-corrected chi connectivity index (χ3v) is 0.642. The van der Waals surface area contributed by atoms with Crippen LogP contribution in [0.15, 0.2) is 0 Å². The van der Waals surface area contributed by atoms with Crippen LogP contribution in [0.4, 0.5) is 0 Å². The number of hydrogen-bond donors (Lipinski definition) is 4. The molecule has 4 heteroatoms. The van der Waals surface area contributed by atoms with Crippen molar-refractivity contribution in [2.24, 2.45) is 17.2 Å². The normalized spacial score (nSPS) is 9.27. The molecule has 70 valence electrons. The van der Waals surface area contributed by atoms with Gasteiger partial charge in [0.05, 0.1) is 0 Å². The average molecular weight is 162 g/mol. The van der Waals surface area contributed by atoms with Gasteiger partial charge in [0.15, 0.2) is 0 Å². The van der Waals surface area contributed by atoms with Gasteiger partial charge >= 0.3 is 0 Å². The molecule has 4 nitrogen and oxygen atoms in total. The fourth-order valence-corrected chi connectivity index (χ4v) is 0.329. The minimum Gasteiger partial charge on any atom is -0.329 e. The van der Waals surface area contributed by atoms with Crippen LogP contribution in [0.3, 0.4) is 0 Å². The van der Waals surface area contributed by atoms with E-state index >= 15 is 0 Å². The quantitative estimate of drug-likeness (QED) is 0.393. The second-order valence-corrected chi connectivity index (χ2v) is 2.57. The van der Waals surface area contributed by atoms with Gasteiger partial charge in [-0.05, 0) is 6.04 Å². The molecule has 0 saturated carbocycles. The molecule has 0 bridgehead atoms. The van der Waals surface area contributed by atoms with Gasteiger partial charge in [-0.1, -0.05) is 13.8 Å². The lowest BCUT2D eigenvalue weighted by molar-refractivity contribution is 0.696. The minimum atomic E-state index is 0.333. The first kappa shape index (κ1) is 13.4. The van der Waals surface area contributed by atoms with Crippen molar-refractivity contribution in [1.82, 2.24) is 5.32 Å². The Labute approximate surface area is 69.5 Å². The molecule has 0 aliphatic carbocycles. The van der Waals surface area contributed by atoms with E-state index in [-0.39, 0.29) is 0 Å². The summed E-state index contributed by atoms with van der Waals surface area (Å²) in [5.41, 5.74) is 15.4. The van der Waals surface area contributed by atoms with E-state index in [1.807, 2.05) is 13.8 Å². The van der Waals surface area contributed by atoms with Crippen molar-refractivity contribution in [1.29, 1.82) is 0 Å². The van der Waals surface area contributed by atoms with Gasteiger partial charge < -0.3 is 22.5 Å². The van der Waals surface area contributed by atoms with Gasteiger partial charge in [-0.3, -0.25) is 0 Å². The molecule has 0 unspecified atom stereocenters. The Morgan fingerprint density at radius 3 is 1.55 bits per heavy atom. The van der Waals surface area contributed by atoms with Gasteiger partial charge in [0, 0.05) is 26.2 Å². The summed E-state index contributed by atoms with van der Waals surface area (Å²) in [5.74, 6) is 0. The Balaban J connectivity index is 0. The SMILES string of the molecule is CC(C)N.NCCNCCN. The fourth-order valence-electron chi connectivity index (χ4n) is 0.329. The second kappa shape index (κ2) is 12.5. The fraction of sp³-hybridized carbons (Fsp3) is 1.00. The topological polar surface area (TPSA) is 90.1 Å². The Morgan fingerprint density at radius 1 is 1.09 bits per heavy atom. The maximum absolute atomic E-state index is 5.17. The molecular formula is C7H22N4. The molecule has 0 amide bonds. The van der Waals surface area contributed by atoms with Crippen LogP contribution < -0.4 is 22.5 Å². The van der Waals surface area contributed by atoms with Crippen LogP contribution in [0.1, 0.15) is 13.8 Å². The monoisotopic (exact) mass is 162 g/mol. The van der Waals surface area contributed by atoms with Crippen LogP contribution in [0.2, 0.25) is 0 Å². The lowest BCUT2D eigenvalue weighted by Gasteiger charge is -1.95. The molecule has 0 rings (SSSR count). The molecule has 0 aromatic heterocycles. The molecule has 7 N–H and O–H groups in total. The average Bonchev–Trinajstić information content (AvgIpc) is 1.88. The predicted molar refractivity (Wildman–Crippen MR) is 50.3 cm³/mol. The summed E-state index contributed by atoms with van der Waals surface area (Å²) >= 11 is 0. The van der Waals surface area contributed by atoms with Gasteiger partial charge in [-0.15, -0.1) is 0 Å². The first-order chi connectivity index (χ1) is 5.15. The second-order valence-electron chi connectivity index (χ2n) is 2.57. The van der Waals surface area contributed by atoms with Crippen molar-refractivity contribution in [3.8, 4) is 0 Å². The molecule has 0 aliphatic rings. The maximum Gasteiger partial charge on any atom is 0.00750 e. The van der Waals surface area contributed by atoms with E-state index in [2.05, 4.69) is 5.32 Å². The Morgan fingerprint density at radius 2 is 1.36 bits per heavy atom. The predicted octanol–water partition coefficient (Wildman–Crippen LogP) is -1.15. The number of nitrogens with one attached hydrogen (secondary N) is 1. The molecule has 0 heterocycles. The van der Waals surface area contributed by atoms with E-state index in [0.29, 0.717) is 19.1 Å².